The van der Waals surface area contributed by atoms with Crippen LogP contribution in [0.4, 0.5) is 4.39 Å². The molecule has 0 radical (unpaired) electrons. The molecule has 168 valence electrons. The number of carbonyl (C=O) groups is 1. The van der Waals surface area contributed by atoms with E-state index in [-0.39, 0.29) is 17.3 Å². The second-order valence-electron chi connectivity index (χ2n) is 8.01. The molecule has 0 unspecified atom stereocenters. The summed E-state index contributed by atoms with van der Waals surface area (Å²) < 4.78 is 20.0. The zero-order valence-corrected chi connectivity index (χ0v) is 18.9. The van der Waals surface area contributed by atoms with E-state index in [0.29, 0.717) is 48.3 Å². The van der Waals surface area contributed by atoms with Gasteiger partial charge in [0.1, 0.15) is 16.4 Å². The fourth-order valence-corrected chi connectivity index (χ4v) is 5.36. The van der Waals surface area contributed by atoms with Crippen molar-refractivity contribution in [2.75, 3.05) is 13.7 Å². The van der Waals surface area contributed by atoms with Crippen LogP contribution in [0.1, 0.15) is 26.4 Å². The highest BCUT2D eigenvalue weighted by molar-refractivity contribution is 7.18. The molecule has 0 bridgehead atoms. The zero-order valence-electron chi connectivity index (χ0n) is 18.1. The molecule has 2 aromatic heterocycles. The zero-order chi connectivity index (χ0) is 22.9. The van der Waals surface area contributed by atoms with Crippen molar-refractivity contribution in [1.29, 1.82) is 0 Å². The number of rotatable bonds is 5. The first kappa shape index (κ1) is 21.3. The van der Waals surface area contributed by atoms with Crippen LogP contribution in [0.15, 0.2) is 59.7 Å². The third-order valence-corrected chi connectivity index (χ3v) is 7.13. The molecule has 0 spiro atoms. The summed E-state index contributed by atoms with van der Waals surface area (Å²) in [6.07, 6.45) is 2.92. The van der Waals surface area contributed by atoms with Gasteiger partial charge in [-0.25, -0.2) is 9.37 Å². The van der Waals surface area contributed by atoms with Gasteiger partial charge >= 0.3 is 0 Å². The maximum Gasteiger partial charge on any atom is 0.262 e. The predicted molar refractivity (Wildman–Crippen MR) is 125 cm³/mol. The number of methoxy groups -OCH3 is 1. The maximum atomic E-state index is 13.2. The number of hydrogen-bond donors (Lipinski definition) is 0. The maximum absolute atomic E-state index is 13.2. The monoisotopic (exact) mass is 463 g/mol. The van der Waals surface area contributed by atoms with Crippen LogP contribution in [0.2, 0.25) is 0 Å². The van der Waals surface area contributed by atoms with Gasteiger partial charge in [-0.15, -0.1) is 11.3 Å². The largest absolute Gasteiger partial charge is 0.497 e. The minimum atomic E-state index is -0.369. The Morgan fingerprint density at radius 3 is 2.64 bits per heavy atom. The Morgan fingerprint density at radius 1 is 1.15 bits per heavy atom. The van der Waals surface area contributed by atoms with Crippen LogP contribution >= 0.6 is 11.3 Å². The summed E-state index contributed by atoms with van der Waals surface area (Å²) in [6, 6.07) is 13.4. The fourth-order valence-electron chi connectivity index (χ4n) is 4.17. The fraction of sp³-hybridized carbons (Fsp3) is 0.240. The average molecular weight is 464 g/mol. The molecule has 6 nitrogen and oxygen atoms in total. The van der Waals surface area contributed by atoms with Crippen molar-refractivity contribution in [2.45, 2.75) is 25.9 Å². The number of nitrogens with zero attached hydrogens (tertiary/aromatic N) is 3. The molecule has 1 aliphatic rings. The van der Waals surface area contributed by atoms with Gasteiger partial charge in [-0.1, -0.05) is 12.1 Å². The number of benzene rings is 2. The van der Waals surface area contributed by atoms with Crippen molar-refractivity contribution in [3.05, 3.63) is 92.6 Å². The summed E-state index contributed by atoms with van der Waals surface area (Å²) in [5.41, 5.74) is 2.53. The van der Waals surface area contributed by atoms with Gasteiger partial charge in [-0.05, 0) is 60.4 Å². The molecule has 0 fully saturated rings. The Morgan fingerprint density at radius 2 is 1.91 bits per heavy atom. The lowest BCUT2D eigenvalue weighted by Gasteiger charge is -2.27. The Kier molecular flexibility index (Phi) is 5.68. The lowest BCUT2D eigenvalue weighted by atomic mass is 10.0. The van der Waals surface area contributed by atoms with E-state index in [2.05, 4.69) is 4.98 Å². The van der Waals surface area contributed by atoms with Gasteiger partial charge in [0, 0.05) is 23.5 Å². The van der Waals surface area contributed by atoms with Crippen LogP contribution in [-0.2, 0) is 25.9 Å². The SMILES string of the molecule is COc1ccc(CCn2cnc3sc4c(c3c2=O)CCN(C(=O)c2ccc(F)cc2)C4)cc1. The van der Waals surface area contributed by atoms with Gasteiger partial charge in [0.05, 0.1) is 25.4 Å². The van der Waals surface area contributed by atoms with E-state index in [9.17, 15) is 14.0 Å². The lowest BCUT2D eigenvalue weighted by molar-refractivity contribution is 0.0737. The number of aromatic nitrogens is 2. The number of fused-ring (bicyclic) bond motifs is 3. The molecule has 0 saturated heterocycles. The normalized spacial score (nSPS) is 13.2. The van der Waals surface area contributed by atoms with Gasteiger partial charge < -0.3 is 9.64 Å². The smallest absolute Gasteiger partial charge is 0.262 e. The van der Waals surface area contributed by atoms with Crippen molar-refractivity contribution >= 4 is 27.5 Å². The number of carbonyl (C=O) groups excluding carboxylic acids is 1. The van der Waals surface area contributed by atoms with Gasteiger partial charge in [0.25, 0.3) is 11.5 Å². The first-order valence-corrected chi connectivity index (χ1v) is 11.5. The quantitative estimate of drug-likeness (QED) is 0.448. The first-order chi connectivity index (χ1) is 16.0. The number of ether oxygens (including phenoxy) is 1. The van der Waals surface area contributed by atoms with Crippen LogP contribution < -0.4 is 10.3 Å². The second kappa shape index (κ2) is 8.78. The van der Waals surface area contributed by atoms with Gasteiger partial charge in [-0.2, -0.15) is 0 Å². The average Bonchev–Trinajstić information content (AvgIpc) is 3.22. The van der Waals surface area contributed by atoms with E-state index in [4.69, 9.17) is 4.74 Å². The number of thiophene rings is 1. The Hall–Kier alpha value is -3.52. The molecule has 1 aliphatic heterocycles. The molecular weight excluding hydrogens is 441 g/mol. The molecule has 0 atom stereocenters. The Balaban J connectivity index is 1.37. The number of halogens is 1. The van der Waals surface area contributed by atoms with Crippen LogP contribution in [0.3, 0.4) is 0 Å². The van der Waals surface area contributed by atoms with E-state index in [1.165, 1.54) is 35.6 Å². The second-order valence-corrected chi connectivity index (χ2v) is 9.09. The van der Waals surface area contributed by atoms with Crippen LogP contribution in [-0.4, -0.2) is 34.0 Å². The number of hydrogen-bond acceptors (Lipinski definition) is 5. The van der Waals surface area contributed by atoms with Crippen molar-refractivity contribution in [3.8, 4) is 5.75 Å². The van der Waals surface area contributed by atoms with Crippen LogP contribution in [0.25, 0.3) is 10.2 Å². The van der Waals surface area contributed by atoms with Crippen molar-refractivity contribution in [3.63, 3.8) is 0 Å². The van der Waals surface area contributed by atoms with Gasteiger partial charge in [0.2, 0.25) is 0 Å². The Bertz CT molecular complexity index is 1380. The van der Waals surface area contributed by atoms with E-state index in [0.717, 1.165) is 21.8 Å². The molecule has 1 amide bonds. The highest BCUT2D eigenvalue weighted by Crippen LogP contribution is 2.32. The minimum absolute atomic E-state index is 0.0377. The van der Waals surface area contributed by atoms with Crippen LogP contribution in [0, 0.1) is 5.82 Å². The highest BCUT2D eigenvalue weighted by Gasteiger charge is 2.27. The predicted octanol–water partition coefficient (Wildman–Crippen LogP) is 4.05. The van der Waals surface area contributed by atoms with Crippen molar-refractivity contribution in [2.24, 2.45) is 0 Å². The molecule has 0 saturated carbocycles. The number of aryl methyl sites for hydroxylation is 2. The van der Waals surface area contributed by atoms with Gasteiger partial charge in [0.15, 0.2) is 0 Å². The molecule has 2 aromatic carbocycles. The molecule has 3 heterocycles. The Labute approximate surface area is 193 Å². The van der Waals surface area contributed by atoms with E-state index in [1.54, 1.807) is 22.9 Å². The third-order valence-electron chi connectivity index (χ3n) is 6.01. The molecule has 5 rings (SSSR count). The highest BCUT2D eigenvalue weighted by atomic mass is 32.1. The topological polar surface area (TPSA) is 64.4 Å². The van der Waals surface area contributed by atoms with Crippen molar-refractivity contribution < 1.29 is 13.9 Å². The molecule has 33 heavy (non-hydrogen) atoms. The summed E-state index contributed by atoms with van der Waals surface area (Å²) in [4.78, 5) is 34.1. The summed E-state index contributed by atoms with van der Waals surface area (Å²) in [5.74, 6) is 0.296. The molecule has 8 heteroatoms. The van der Waals surface area contributed by atoms with E-state index in [1.807, 2.05) is 24.3 Å². The molecule has 0 N–H and O–H groups in total. The van der Waals surface area contributed by atoms with E-state index >= 15 is 0 Å². The standard InChI is InChI=1S/C25H22FN3O3S/c1-32-19-8-2-16(3-9-19)10-12-29-15-27-23-22(25(29)31)20-11-13-28(14-21(20)33-23)24(30)17-4-6-18(26)7-5-17/h2-9,15H,10-14H2,1H3. The van der Waals surface area contributed by atoms with E-state index < -0.39 is 0 Å². The molecule has 0 aliphatic carbocycles. The number of amides is 1. The summed E-state index contributed by atoms with van der Waals surface area (Å²) in [5, 5.41) is 0.668. The first-order valence-electron chi connectivity index (χ1n) is 10.7. The molecular formula is C25H22FN3O3S. The van der Waals surface area contributed by atoms with Crippen molar-refractivity contribution in [1.82, 2.24) is 14.5 Å². The van der Waals surface area contributed by atoms with Crippen LogP contribution in [0.5, 0.6) is 5.75 Å². The minimum Gasteiger partial charge on any atom is -0.497 e. The summed E-state index contributed by atoms with van der Waals surface area (Å²) >= 11 is 1.47. The summed E-state index contributed by atoms with van der Waals surface area (Å²) in [6.45, 7) is 1.47. The lowest BCUT2D eigenvalue weighted by Crippen LogP contribution is -2.35. The molecule has 4 aromatic rings. The van der Waals surface area contributed by atoms with Gasteiger partial charge in [-0.3, -0.25) is 14.2 Å². The third kappa shape index (κ3) is 4.14. The summed E-state index contributed by atoms with van der Waals surface area (Å²) in [7, 11) is 1.63.